The Labute approximate surface area is 206 Å². The lowest BCUT2D eigenvalue weighted by atomic mass is 9.80. The fraction of sp³-hybridized carbons (Fsp3) is 0.143. The van der Waals surface area contributed by atoms with Crippen LogP contribution in [0, 0.1) is 5.82 Å². The number of allylic oxidation sites excluding steroid dienone is 2. The SMILES string of the molecule is COC(=O)C1=C(C)NC2=C(C(=O)c3ccccc32)[C@H]1c1ccc(OCc2ccc(F)cc2)c(Cl)c1. The van der Waals surface area contributed by atoms with E-state index in [2.05, 4.69) is 5.32 Å². The van der Waals surface area contributed by atoms with Gasteiger partial charge in [0.25, 0.3) is 0 Å². The van der Waals surface area contributed by atoms with Crippen LogP contribution in [0.1, 0.15) is 39.9 Å². The smallest absolute Gasteiger partial charge is 0.336 e. The Morgan fingerprint density at radius 1 is 1.06 bits per heavy atom. The van der Waals surface area contributed by atoms with Gasteiger partial charge in [-0.3, -0.25) is 4.79 Å². The van der Waals surface area contributed by atoms with E-state index in [0.717, 1.165) is 11.1 Å². The zero-order valence-corrected chi connectivity index (χ0v) is 19.8. The van der Waals surface area contributed by atoms with Crippen LogP contribution in [0.4, 0.5) is 4.39 Å². The Morgan fingerprint density at radius 3 is 2.46 bits per heavy atom. The summed E-state index contributed by atoms with van der Waals surface area (Å²) in [6.45, 7) is 2.00. The van der Waals surface area contributed by atoms with Crippen LogP contribution in [0.2, 0.25) is 5.02 Å². The zero-order chi connectivity index (χ0) is 24.7. The molecular weight excluding hydrogens is 469 g/mol. The number of Topliss-reactive ketones (excluding diaryl/α,β-unsaturated/α-hetero) is 1. The number of esters is 1. The molecule has 176 valence electrons. The summed E-state index contributed by atoms with van der Waals surface area (Å²) in [7, 11) is 1.31. The third-order valence-corrected chi connectivity index (χ3v) is 6.55. The number of dihydropyridines is 1. The van der Waals surface area contributed by atoms with Gasteiger partial charge in [0.2, 0.25) is 0 Å². The van der Waals surface area contributed by atoms with Gasteiger partial charge in [-0.1, -0.05) is 54.1 Å². The number of halogens is 2. The number of carbonyl (C=O) groups excluding carboxylic acids is 2. The zero-order valence-electron chi connectivity index (χ0n) is 19.0. The van der Waals surface area contributed by atoms with E-state index >= 15 is 0 Å². The minimum Gasteiger partial charge on any atom is -0.487 e. The Hall–Kier alpha value is -3.90. The number of rotatable bonds is 5. The topological polar surface area (TPSA) is 64.6 Å². The van der Waals surface area contributed by atoms with Crippen LogP contribution in [-0.2, 0) is 16.1 Å². The number of benzene rings is 3. The highest BCUT2D eigenvalue weighted by Crippen LogP contribution is 2.47. The van der Waals surface area contributed by atoms with Gasteiger partial charge in [0.05, 0.1) is 23.4 Å². The molecule has 0 spiro atoms. The lowest BCUT2D eigenvalue weighted by Crippen LogP contribution is -2.29. The molecule has 1 aliphatic carbocycles. The molecule has 3 aromatic carbocycles. The first-order chi connectivity index (χ1) is 16.9. The van der Waals surface area contributed by atoms with Gasteiger partial charge in [0.15, 0.2) is 5.78 Å². The second-order valence-electron chi connectivity index (χ2n) is 8.36. The van der Waals surface area contributed by atoms with Crippen molar-refractivity contribution in [2.24, 2.45) is 0 Å². The number of ketones is 1. The highest BCUT2D eigenvalue weighted by atomic mass is 35.5. The fourth-order valence-electron chi connectivity index (χ4n) is 4.60. The molecule has 3 aromatic rings. The summed E-state index contributed by atoms with van der Waals surface area (Å²) >= 11 is 6.57. The minimum absolute atomic E-state index is 0.144. The van der Waals surface area contributed by atoms with E-state index in [1.165, 1.54) is 19.2 Å². The summed E-state index contributed by atoms with van der Waals surface area (Å²) in [6.07, 6.45) is 0. The molecule has 5 nitrogen and oxygen atoms in total. The van der Waals surface area contributed by atoms with Gasteiger partial charge in [0, 0.05) is 28.3 Å². The minimum atomic E-state index is -0.665. The first-order valence-electron chi connectivity index (χ1n) is 11.0. The lowest BCUT2D eigenvalue weighted by molar-refractivity contribution is -0.136. The molecule has 0 unspecified atom stereocenters. The van der Waals surface area contributed by atoms with E-state index in [1.54, 1.807) is 43.3 Å². The van der Waals surface area contributed by atoms with Crippen LogP contribution in [0.3, 0.4) is 0 Å². The second-order valence-corrected chi connectivity index (χ2v) is 8.76. The van der Waals surface area contributed by atoms with E-state index in [1.807, 2.05) is 18.2 Å². The van der Waals surface area contributed by atoms with Crippen LogP contribution in [0.15, 0.2) is 83.6 Å². The number of nitrogens with one attached hydrogen (secondary N) is 1. The summed E-state index contributed by atoms with van der Waals surface area (Å²) in [4.78, 5) is 26.3. The van der Waals surface area contributed by atoms with Gasteiger partial charge >= 0.3 is 5.97 Å². The van der Waals surface area contributed by atoms with Crippen molar-refractivity contribution in [1.82, 2.24) is 5.32 Å². The summed E-state index contributed by atoms with van der Waals surface area (Å²) in [5.41, 5.74) is 4.97. The molecule has 0 fully saturated rings. The van der Waals surface area contributed by atoms with E-state index in [4.69, 9.17) is 21.1 Å². The normalized spacial score (nSPS) is 16.6. The maximum atomic E-state index is 13.5. The first-order valence-corrected chi connectivity index (χ1v) is 11.4. The Morgan fingerprint density at radius 2 is 1.77 bits per heavy atom. The molecule has 0 bridgehead atoms. The summed E-state index contributed by atoms with van der Waals surface area (Å²) in [6, 6.07) is 18.6. The van der Waals surface area contributed by atoms with Crippen LogP contribution in [0.25, 0.3) is 5.70 Å². The van der Waals surface area contributed by atoms with Crippen LogP contribution < -0.4 is 10.1 Å². The third kappa shape index (κ3) is 4.00. The third-order valence-electron chi connectivity index (χ3n) is 6.25. The summed E-state index contributed by atoms with van der Waals surface area (Å²) < 4.78 is 24.1. The Bertz CT molecular complexity index is 1430. The Kier molecular flexibility index (Phi) is 5.91. The van der Waals surface area contributed by atoms with Crippen molar-refractivity contribution in [3.05, 3.63) is 117 Å². The lowest BCUT2D eigenvalue weighted by Gasteiger charge is -2.29. The van der Waals surface area contributed by atoms with Crippen molar-refractivity contribution in [2.75, 3.05) is 7.11 Å². The molecule has 0 saturated heterocycles. The second kappa shape index (κ2) is 9.04. The predicted octanol–water partition coefficient (Wildman–Crippen LogP) is 5.80. The largest absolute Gasteiger partial charge is 0.487 e. The molecule has 0 aromatic heterocycles. The molecule has 0 radical (unpaired) electrons. The first kappa shape index (κ1) is 22.9. The van der Waals surface area contributed by atoms with Crippen LogP contribution in [-0.4, -0.2) is 18.9 Å². The number of hydrogen-bond acceptors (Lipinski definition) is 5. The van der Waals surface area contributed by atoms with E-state index in [-0.39, 0.29) is 18.2 Å². The number of hydrogen-bond donors (Lipinski definition) is 1. The van der Waals surface area contributed by atoms with Crippen molar-refractivity contribution in [3.8, 4) is 5.75 Å². The maximum absolute atomic E-state index is 13.5. The molecule has 0 amide bonds. The van der Waals surface area contributed by atoms with Crippen molar-refractivity contribution in [1.29, 1.82) is 0 Å². The maximum Gasteiger partial charge on any atom is 0.336 e. The molecule has 35 heavy (non-hydrogen) atoms. The molecule has 0 saturated carbocycles. The summed E-state index contributed by atoms with van der Waals surface area (Å²) in [5, 5.41) is 3.58. The highest BCUT2D eigenvalue weighted by Gasteiger charge is 2.42. The molecule has 5 rings (SSSR count). The molecule has 1 N–H and O–H groups in total. The average molecular weight is 490 g/mol. The molecule has 1 aliphatic heterocycles. The van der Waals surface area contributed by atoms with E-state index in [9.17, 15) is 14.0 Å². The van der Waals surface area contributed by atoms with Gasteiger partial charge in [-0.2, -0.15) is 0 Å². The number of fused-ring (bicyclic) bond motifs is 2. The highest BCUT2D eigenvalue weighted by molar-refractivity contribution is 6.32. The van der Waals surface area contributed by atoms with Crippen molar-refractivity contribution in [3.63, 3.8) is 0 Å². The van der Waals surface area contributed by atoms with Gasteiger partial charge in [-0.05, 0) is 42.3 Å². The van der Waals surface area contributed by atoms with E-state index in [0.29, 0.717) is 44.4 Å². The number of carbonyl (C=O) groups is 2. The van der Waals surface area contributed by atoms with Gasteiger partial charge < -0.3 is 14.8 Å². The Balaban J connectivity index is 1.53. The molecule has 2 aliphatic rings. The average Bonchev–Trinajstić information content (AvgIpc) is 3.14. The summed E-state index contributed by atoms with van der Waals surface area (Å²) in [5.74, 6) is -1.22. The predicted molar refractivity (Wildman–Crippen MR) is 130 cm³/mol. The number of ether oxygens (including phenoxy) is 2. The van der Waals surface area contributed by atoms with Crippen LogP contribution >= 0.6 is 11.6 Å². The van der Waals surface area contributed by atoms with Crippen molar-refractivity contribution in [2.45, 2.75) is 19.4 Å². The molecule has 1 atom stereocenters. The fourth-order valence-corrected chi connectivity index (χ4v) is 4.84. The van der Waals surface area contributed by atoms with Gasteiger partial charge in [-0.15, -0.1) is 0 Å². The van der Waals surface area contributed by atoms with Crippen molar-refractivity contribution >= 4 is 29.1 Å². The number of methoxy groups -OCH3 is 1. The molecule has 1 heterocycles. The quantitative estimate of drug-likeness (QED) is 0.459. The monoisotopic (exact) mass is 489 g/mol. The van der Waals surface area contributed by atoms with Crippen molar-refractivity contribution < 1.29 is 23.5 Å². The molecule has 7 heteroatoms. The standard InChI is InChI=1S/C28H21ClFNO4/c1-15-23(28(33)34-2)24(25-26(31-15)19-5-3-4-6-20(19)27(25)32)17-9-12-22(21(29)13-17)35-14-16-7-10-18(30)11-8-16/h3-13,24,31H,14H2,1-2H3/t24-/m0/s1. The van der Waals surface area contributed by atoms with E-state index < -0.39 is 11.9 Å². The van der Waals surface area contributed by atoms with Gasteiger partial charge in [-0.25, -0.2) is 9.18 Å². The van der Waals surface area contributed by atoms with Crippen LogP contribution in [0.5, 0.6) is 5.75 Å². The van der Waals surface area contributed by atoms with Gasteiger partial charge in [0.1, 0.15) is 18.2 Å². The molecular formula is C28H21ClFNO4.